The summed E-state index contributed by atoms with van der Waals surface area (Å²) in [6, 6.07) is 15.7. The summed E-state index contributed by atoms with van der Waals surface area (Å²) in [6.45, 7) is 2.31. The molecule has 0 saturated heterocycles. The van der Waals surface area contributed by atoms with Gasteiger partial charge in [0.05, 0.1) is 24.1 Å². The fraction of sp³-hybridized carbons (Fsp3) is 0.0909. The van der Waals surface area contributed by atoms with E-state index in [1.165, 1.54) is 22.2 Å². The molecule has 5 rings (SSSR count). The van der Waals surface area contributed by atoms with E-state index in [0.29, 0.717) is 16.9 Å². The van der Waals surface area contributed by atoms with Gasteiger partial charge in [0.2, 0.25) is 0 Å². The van der Waals surface area contributed by atoms with Gasteiger partial charge in [0.1, 0.15) is 17.0 Å². The van der Waals surface area contributed by atoms with Crippen LogP contribution in [-0.2, 0) is 6.54 Å². The number of hydrogen-bond acceptors (Lipinski definition) is 4. The van der Waals surface area contributed by atoms with Gasteiger partial charge in [0.15, 0.2) is 0 Å². The SMILES string of the molecule is Cc1ccc(-n2cc(Cn3ccn4nc(-c5ccc(F)cc5)cc4c3=O)nn2)cc1. The fourth-order valence-electron chi connectivity index (χ4n) is 3.28. The van der Waals surface area contributed by atoms with E-state index in [0.717, 1.165) is 11.3 Å². The average Bonchev–Trinajstić information content (AvgIpc) is 3.39. The maximum atomic E-state index is 13.2. The lowest BCUT2D eigenvalue weighted by molar-refractivity contribution is 0.628. The molecule has 0 unspecified atom stereocenters. The lowest BCUT2D eigenvalue weighted by Gasteiger charge is -2.03. The van der Waals surface area contributed by atoms with Crippen molar-refractivity contribution in [1.29, 1.82) is 0 Å². The second-order valence-electron chi connectivity index (χ2n) is 7.09. The summed E-state index contributed by atoms with van der Waals surface area (Å²) in [7, 11) is 0. The number of halogens is 1. The second kappa shape index (κ2) is 7.07. The van der Waals surface area contributed by atoms with Crippen LogP contribution in [0.15, 0.2) is 78.0 Å². The Morgan fingerprint density at radius 2 is 1.77 bits per heavy atom. The van der Waals surface area contributed by atoms with Gasteiger partial charge < -0.3 is 4.57 Å². The van der Waals surface area contributed by atoms with Gasteiger partial charge in [-0.05, 0) is 49.4 Å². The van der Waals surface area contributed by atoms with Crippen molar-refractivity contribution >= 4 is 5.52 Å². The minimum Gasteiger partial charge on any atom is -0.306 e. The van der Waals surface area contributed by atoms with Crippen molar-refractivity contribution in [2.75, 3.05) is 0 Å². The van der Waals surface area contributed by atoms with E-state index in [2.05, 4.69) is 15.4 Å². The minimum absolute atomic E-state index is 0.191. The van der Waals surface area contributed by atoms with E-state index in [4.69, 9.17) is 0 Å². The zero-order chi connectivity index (χ0) is 20.7. The van der Waals surface area contributed by atoms with Crippen molar-refractivity contribution in [3.05, 3.63) is 101 Å². The third kappa shape index (κ3) is 3.28. The second-order valence-corrected chi connectivity index (χ2v) is 7.09. The zero-order valence-electron chi connectivity index (χ0n) is 16.1. The van der Waals surface area contributed by atoms with Gasteiger partial charge in [-0.25, -0.2) is 13.6 Å². The molecule has 0 bridgehead atoms. The highest BCUT2D eigenvalue weighted by molar-refractivity contribution is 5.65. The highest BCUT2D eigenvalue weighted by Gasteiger charge is 2.11. The van der Waals surface area contributed by atoms with Crippen LogP contribution in [0.3, 0.4) is 0 Å². The lowest BCUT2D eigenvalue weighted by atomic mass is 10.1. The first kappa shape index (κ1) is 18.0. The van der Waals surface area contributed by atoms with E-state index in [9.17, 15) is 9.18 Å². The first-order valence-electron chi connectivity index (χ1n) is 9.40. The zero-order valence-corrected chi connectivity index (χ0v) is 16.1. The number of benzene rings is 2. The molecule has 3 heterocycles. The summed E-state index contributed by atoms with van der Waals surface area (Å²) in [5, 5.41) is 12.8. The van der Waals surface area contributed by atoms with Gasteiger partial charge in [-0.3, -0.25) is 4.79 Å². The smallest absolute Gasteiger partial charge is 0.276 e. The number of fused-ring (bicyclic) bond motifs is 1. The Morgan fingerprint density at radius 1 is 1.00 bits per heavy atom. The molecule has 30 heavy (non-hydrogen) atoms. The van der Waals surface area contributed by atoms with E-state index in [-0.39, 0.29) is 17.9 Å². The van der Waals surface area contributed by atoms with Gasteiger partial charge in [0.25, 0.3) is 5.56 Å². The summed E-state index contributed by atoms with van der Waals surface area (Å²) in [6.07, 6.45) is 5.19. The van der Waals surface area contributed by atoms with Crippen LogP contribution in [0, 0.1) is 12.7 Å². The van der Waals surface area contributed by atoms with Crippen molar-refractivity contribution in [3.63, 3.8) is 0 Å². The van der Waals surface area contributed by atoms with Crippen LogP contribution in [0.4, 0.5) is 4.39 Å². The van der Waals surface area contributed by atoms with E-state index < -0.39 is 0 Å². The van der Waals surface area contributed by atoms with Crippen molar-refractivity contribution in [1.82, 2.24) is 29.2 Å². The molecule has 0 saturated carbocycles. The third-order valence-electron chi connectivity index (χ3n) is 4.92. The maximum absolute atomic E-state index is 13.2. The standard InChI is InChI=1S/C22H17FN6O/c1-15-2-8-19(9-3-15)29-14-18(24-26-29)13-27-10-11-28-21(22(27)30)12-20(25-28)16-4-6-17(23)7-5-16/h2-12,14H,13H2,1H3. The number of aromatic nitrogens is 6. The van der Waals surface area contributed by atoms with Crippen molar-refractivity contribution < 1.29 is 4.39 Å². The lowest BCUT2D eigenvalue weighted by Crippen LogP contribution is -2.21. The quantitative estimate of drug-likeness (QED) is 0.464. The van der Waals surface area contributed by atoms with Crippen LogP contribution >= 0.6 is 0 Å². The highest BCUT2D eigenvalue weighted by Crippen LogP contribution is 2.19. The summed E-state index contributed by atoms with van der Waals surface area (Å²) >= 11 is 0. The Kier molecular flexibility index (Phi) is 4.24. The van der Waals surface area contributed by atoms with Crippen LogP contribution in [0.25, 0.3) is 22.5 Å². The molecule has 148 valence electrons. The molecule has 5 aromatic rings. The van der Waals surface area contributed by atoms with Gasteiger partial charge in [-0.1, -0.05) is 22.9 Å². The Morgan fingerprint density at radius 3 is 2.53 bits per heavy atom. The Bertz CT molecular complexity index is 1400. The Hall–Kier alpha value is -4.07. The van der Waals surface area contributed by atoms with Crippen LogP contribution in [-0.4, -0.2) is 29.2 Å². The molecule has 0 amide bonds. The molecular formula is C22H17FN6O. The summed E-state index contributed by atoms with van der Waals surface area (Å²) < 4.78 is 17.9. The number of hydrogen-bond donors (Lipinski definition) is 0. The van der Waals surface area contributed by atoms with Gasteiger partial charge in [-0.15, -0.1) is 5.10 Å². The molecule has 2 aromatic carbocycles. The summed E-state index contributed by atoms with van der Waals surface area (Å²) in [5.41, 5.74) is 4.33. The first-order valence-corrected chi connectivity index (χ1v) is 9.40. The molecule has 0 fully saturated rings. The molecular weight excluding hydrogens is 383 g/mol. The van der Waals surface area contributed by atoms with E-state index >= 15 is 0 Å². The van der Waals surface area contributed by atoms with E-state index in [1.54, 1.807) is 39.8 Å². The van der Waals surface area contributed by atoms with Crippen molar-refractivity contribution in [2.45, 2.75) is 13.5 Å². The first-order chi connectivity index (χ1) is 14.6. The molecule has 0 radical (unpaired) electrons. The Balaban J connectivity index is 1.45. The number of nitrogens with zero attached hydrogens (tertiary/aromatic N) is 6. The van der Waals surface area contributed by atoms with Crippen LogP contribution < -0.4 is 5.56 Å². The largest absolute Gasteiger partial charge is 0.306 e. The van der Waals surface area contributed by atoms with Gasteiger partial charge >= 0.3 is 0 Å². The normalized spacial score (nSPS) is 11.3. The third-order valence-corrected chi connectivity index (χ3v) is 4.92. The molecule has 0 aliphatic rings. The Labute approximate surface area is 170 Å². The topological polar surface area (TPSA) is 70.0 Å². The van der Waals surface area contributed by atoms with Gasteiger partial charge in [0, 0.05) is 18.0 Å². The number of rotatable bonds is 4. The van der Waals surface area contributed by atoms with Crippen molar-refractivity contribution in [2.24, 2.45) is 0 Å². The highest BCUT2D eigenvalue weighted by atomic mass is 19.1. The molecule has 0 atom stereocenters. The monoisotopic (exact) mass is 400 g/mol. The summed E-state index contributed by atoms with van der Waals surface area (Å²) in [4.78, 5) is 12.9. The van der Waals surface area contributed by atoms with Crippen LogP contribution in [0.1, 0.15) is 11.3 Å². The maximum Gasteiger partial charge on any atom is 0.276 e. The molecule has 3 aromatic heterocycles. The molecule has 0 N–H and O–H groups in total. The molecule has 0 aliphatic heterocycles. The molecule has 0 spiro atoms. The minimum atomic E-state index is -0.316. The average molecular weight is 400 g/mol. The fourth-order valence-corrected chi connectivity index (χ4v) is 3.28. The van der Waals surface area contributed by atoms with Crippen molar-refractivity contribution in [3.8, 4) is 16.9 Å². The molecule has 0 aliphatic carbocycles. The van der Waals surface area contributed by atoms with Crippen LogP contribution in [0.5, 0.6) is 0 Å². The van der Waals surface area contributed by atoms with Crippen LogP contribution in [0.2, 0.25) is 0 Å². The van der Waals surface area contributed by atoms with Gasteiger partial charge in [-0.2, -0.15) is 5.10 Å². The molecule has 7 nitrogen and oxygen atoms in total. The molecule has 8 heteroatoms. The predicted octanol–water partition coefficient (Wildman–Crippen LogP) is 3.24. The van der Waals surface area contributed by atoms with E-state index in [1.807, 2.05) is 37.4 Å². The summed E-state index contributed by atoms with van der Waals surface area (Å²) in [5.74, 6) is -0.316. The predicted molar refractivity (Wildman–Crippen MR) is 110 cm³/mol. The number of aryl methyl sites for hydroxylation is 1.